The zero-order chi connectivity index (χ0) is 35.6. The van der Waals surface area contributed by atoms with Crippen LogP contribution in [0, 0.1) is 0 Å². The van der Waals surface area contributed by atoms with Crippen molar-refractivity contribution >= 4 is 37.4 Å². The number of rotatable bonds is 17. The van der Waals surface area contributed by atoms with Crippen LogP contribution in [0.5, 0.6) is 0 Å². The van der Waals surface area contributed by atoms with Crippen LogP contribution < -0.4 is 10.9 Å². The molecule has 0 fully saturated rings. The molecule has 0 spiro atoms. The first kappa shape index (κ1) is 37.9. The van der Waals surface area contributed by atoms with E-state index in [2.05, 4.69) is 9.97 Å². The van der Waals surface area contributed by atoms with E-state index in [1.54, 1.807) is 57.5 Å². The van der Waals surface area contributed by atoms with E-state index >= 15 is 0 Å². The van der Waals surface area contributed by atoms with E-state index < -0.39 is 26.7 Å². The van der Waals surface area contributed by atoms with Gasteiger partial charge in [-0.2, -0.15) is 0 Å². The molecule has 1 unspecified atom stereocenters. The van der Waals surface area contributed by atoms with Crippen molar-refractivity contribution in [3.63, 3.8) is 0 Å². The summed E-state index contributed by atoms with van der Waals surface area (Å²) in [6, 6.07) is 20.6. The fraction of sp³-hybridized carbons (Fsp3) is 0.371. The minimum Gasteiger partial charge on any atom is -0.468 e. The number of ketones is 1. The number of hydrogen-bond donors (Lipinski definition) is 0. The van der Waals surface area contributed by atoms with E-state index in [1.807, 2.05) is 47.4 Å². The van der Waals surface area contributed by atoms with Crippen LogP contribution in [0.25, 0.3) is 22.8 Å². The molecule has 0 radical (unpaired) electrons. The molecular formula is C35H43N5O7P2. The smallest absolute Gasteiger partial charge is 0.379 e. The zero-order valence-corrected chi connectivity index (χ0v) is 30.5. The standard InChI is InChI=1S/C35H43N5O7P2/c1-7-46-49(44,47-8-2)34-20-12-18-31(39-34)29-16-10-14-27(37-29)24-40(32(35(42)45-4)22-21-25(3)41)23-26-13-9-15-28(36-26)30-17-11-19-33(38-30)48(5,6)43/h9-20,32H,7-8,21-24H2,1-6H3. The summed E-state index contributed by atoms with van der Waals surface area (Å²) in [6.07, 6.45) is 0.416. The number of aromatic nitrogens is 4. The topological polar surface area (TPSA) is 151 Å². The van der Waals surface area contributed by atoms with Gasteiger partial charge in [-0.1, -0.05) is 24.3 Å². The lowest BCUT2D eigenvalue weighted by molar-refractivity contribution is -0.148. The Labute approximate surface area is 287 Å². The van der Waals surface area contributed by atoms with Crippen molar-refractivity contribution in [2.24, 2.45) is 0 Å². The van der Waals surface area contributed by atoms with Crippen LogP contribution in [0.3, 0.4) is 0 Å². The number of esters is 1. The molecule has 4 heterocycles. The lowest BCUT2D eigenvalue weighted by Crippen LogP contribution is -2.41. The highest BCUT2D eigenvalue weighted by Crippen LogP contribution is 2.46. The molecule has 0 aliphatic carbocycles. The molecule has 0 aliphatic rings. The molecule has 0 aromatic carbocycles. The van der Waals surface area contributed by atoms with Crippen LogP contribution in [0.4, 0.5) is 0 Å². The van der Waals surface area contributed by atoms with Crippen LogP contribution in [0.2, 0.25) is 0 Å². The number of nitrogens with zero attached hydrogens (tertiary/aromatic N) is 5. The average Bonchev–Trinajstić information content (AvgIpc) is 3.08. The molecule has 0 N–H and O–H groups in total. The van der Waals surface area contributed by atoms with Gasteiger partial charge in [0, 0.05) is 19.5 Å². The second kappa shape index (κ2) is 17.1. The number of Topliss-reactive ketones (excluding diaryl/α,β-unsaturated/α-hetero) is 1. The summed E-state index contributed by atoms with van der Waals surface area (Å²) in [5.41, 5.74) is 4.12. The Hall–Kier alpha value is -3.92. The maximum Gasteiger partial charge on any atom is 0.379 e. The van der Waals surface area contributed by atoms with Crippen LogP contribution in [0.15, 0.2) is 72.8 Å². The summed E-state index contributed by atoms with van der Waals surface area (Å²) in [5.74, 6) is -0.534. The third-order valence-electron chi connectivity index (χ3n) is 7.45. The molecule has 4 aromatic rings. The second-order valence-corrected chi connectivity index (χ2v) is 16.8. The van der Waals surface area contributed by atoms with Gasteiger partial charge in [-0.05, 0) is 89.1 Å². The number of pyridine rings is 4. The Balaban J connectivity index is 1.70. The van der Waals surface area contributed by atoms with Gasteiger partial charge >= 0.3 is 13.6 Å². The monoisotopic (exact) mass is 707 g/mol. The first-order valence-electron chi connectivity index (χ1n) is 16.0. The number of carbonyl (C=O) groups excluding carboxylic acids is 2. The molecule has 260 valence electrons. The highest BCUT2D eigenvalue weighted by Gasteiger charge is 2.30. The van der Waals surface area contributed by atoms with Crippen LogP contribution >= 0.6 is 14.7 Å². The largest absolute Gasteiger partial charge is 0.468 e. The van der Waals surface area contributed by atoms with E-state index in [-0.39, 0.29) is 50.4 Å². The highest BCUT2D eigenvalue weighted by molar-refractivity contribution is 7.69. The van der Waals surface area contributed by atoms with Gasteiger partial charge in [0.1, 0.15) is 24.4 Å². The third-order valence-corrected chi connectivity index (χ3v) is 10.8. The predicted molar refractivity (Wildman–Crippen MR) is 189 cm³/mol. The molecule has 0 saturated carbocycles. The van der Waals surface area contributed by atoms with Crippen LogP contribution in [0.1, 0.15) is 45.0 Å². The summed E-state index contributed by atoms with van der Waals surface area (Å²) in [6.45, 7) is 9.11. The van der Waals surface area contributed by atoms with E-state index in [0.29, 0.717) is 39.6 Å². The normalized spacial score (nSPS) is 12.6. The maximum atomic E-state index is 13.4. The number of hydrogen-bond acceptors (Lipinski definition) is 12. The summed E-state index contributed by atoms with van der Waals surface area (Å²) >= 11 is 0. The van der Waals surface area contributed by atoms with Gasteiger partial charge < -0.3 is 23.1 Å². The van der Waals surface area contributed by atoms with Crippen LogP contribution in [-0.2, 0) is 45.6 Å². The van der Waals surface area contributed by atoms with Crippen LogP contribution in [-0.4, -0.2) is 76.3 Å². The summed E-state index contributed by atoms with van der Waals surface area (Å²) in [7, 11) is -4.90. The maximum absolute atomic E-state index is 13.4. The summed E-state index contributed by atoms with van der Waals surface area (Å²) in [5, 5.41) is 0. The van der Waals surface area contributed by atoms with Gasteiger partial charge in [-0.3, -0.25) is 14.3 Å². The van der Waals surface area contributed by atoms with Gasteiger partial charge in [0.25, 0.3) is 0 Å². The second-order valence-electron chi connectivity index (χ2n) is 11.7. The van der Waals surface area contributed by atoms with Gasteiger partial charge in [0.15, 0.2) is 5.44 Å². The molecule has 4 aromatic heterocycles. The van der Waals surface area contributed by atoms with E-state index in [1.165, 1.54) is 14.0 Å². The van der Waals surface area contributed by atoms with Crippen molar-refractivity contribution in [3.8, 4) is 22.8 Å². The summed E-state index contributed by atoms with van der Waals surface area (Å²) < 4.78 is 42.3. The third kappa shape index (κ3) is 10.3. The van der Waals surface area contributed by atoms with E-state index in [4.69, 9.17) is 23.8 Å². The van der Waals surface area contributed by atoms with Gasteiger partial charge in [-0.25, -0.2) is 19.9 Å². The van der Waals surface area contributed by atoms with Crippen molar-refractivity contribution < 1.29 is 32.5 Å². The minimum absolute atomic E-state index is 0.0495. The SMILES string of the molecule is CCOP(=O)(OCC)c1cccc(-c2cccc(CN(Cc3cccc(-c4cccc(P(C)(C)=O)n4)n3)C(CCC(C)=O)C(=O)OC)n2)n1. The molecular weight excluding hydrogens is 664 g/mol. The van der Waals surface area contributed by atoms with Crippen molar-refractivity contribution in [2.75, 3.05) is 33.7 Å². The molecule has 0 saturated heterocycles. The van der Waals surface area contributed by atoms with Gasteiger partial charge in [-0.15, -0.1) is 0 Å². The minimum atomic E-state index is -3.63. The fourth-order valence-corrected chi connectivity index (χ4v) is 7.44. The van der Waals surface area contributed by atoms with Crippen molar-refractivity contribution in [2.45, 2.75) is 52.7 Å². The van der Waals surface area contributed by atoms with Crippen molar-refractivity contribution in [1.82, 2.24) is 24.8 Å². The predicted octanol–water partition coefficient (Wildman–Crippen LogP) is 5.65. The van der Waals surface area contributed by atoms with E-state index in [9.17, 15) is 18.7 Å². The molecule has 12 nitrogen and oxygen atoms in total. The first-order valence-corrected chi connectivity index (χ1v) is 20.1. The van der Waals surface area contributed by atoms with Crippen molar-refractivity contribution in [3.05, 3.63) is 84.2 Å². The van der Waals surface area contributed by atoms with E-state index in [0.717, 1.165) is 0 Å². The van der Waals surface area contributed by atoms with Crippen molar-refractivity contribution in [1.29, 1.82) is 0 Å². The number of methoxy groups -OCH3 is 1. The average molecular weight is 708 g/mol. The molecule has 49 heavy (non-hydrogen) atoms. The molecule has 4 rings (SSSR count). The Kier molecular flexibility index (Phi) is 13.3. The molecule has 1 atom stereocenters. The quantitative estimate of drug-likeness (QED) is 0.0985. The molecule has 0 bridgehead atoms. The highest BCUT2D eigenvalue weighted by atomic mass is 31.2. The lowest BCUT2D eigenvalue weighted by Gasteiger charge is -2.29. The first-order chi connectivity index (χ1) is 23.4. The lowest BCUT2D eigenvalue weighted by atomic mass is 10.1. The number of carbonyl (C=O) groups is 2. The fourth-order valence-electron chi connectivity index (χ4n) is 5.13. The summed E-state index contributed by atoms with van der Waals surface area (Å²) in [4.78, 5) is 46.0. The molecule has 14 heteroatoms. The van der Waals surface area contributed by atoms with Gasteiger partial charge in [0.2, 0.25) is 0 Å². The molecule has 0 amide bonds. The Morgan fingerprint density at radius 2 is 1.16 bits per heavy atom. The van der Waals surface area contributed by atoms with Gasteiger partial charge in [0.05, 0.1) is 54.5 Å². The Morgan fingerprint density at radius 1 is 0.714 bits per heavy atom. The molecule has 0 aliphatic heterocycles. The zero-order valence-electron chi connectivity index (χ0n) is 28.7. The Bertz CT molecular complexity index is 1860. The number of ether oxygens (including phenoxy) is 1. The Morgan fingerprint density at radius 3 is 1.61 bits per heavy atom.